The van der Waals surface area contributed by atoms with Crippen LogP contribution in [0.4, 0.5) is 0 Å². The molecule has 1 aromatic rings. The first-order chi connectivity index (χ1) is 9.92. The SMILES string of the molecule is CCC(N)c1cccc(S(=O)(=O)NC2CCCN(C)C2)c1. The molecular formula is C15H25N3O2S. The van der Waals surface area contributed by atoms with Crippen molar-refractivity contribution in [3.8, 4) is 0 Å². The summed E-state index contributed by atoms with van der Waals surface area (Å²) in [6, 6.07) is 6.80. The van der Waals surface area contributed by atoms with Crippen LogP contribution in [0, 0.1) is 0 Å². The highest BCUT2D eigenvalue weighted by atomic mass is 32.2. The average Bonchev–Trinajstić information content (AvgIpc) is 2.46. The molecule has 3 N–H and O–H groups in total. The topological polar surface area (TPSA) is 75.4 Å². The fourth-order valence-corrected chi connectivity index (χ4v) is 4.01. The highest BCUT2D eigenvalue weighted by molar-refractivity contribution is 7.89. The Morgan fingerprint density at radius 3 is 2.90 bits per heavy atom. The van der Waals surface area contributed by atoms with Crippen LogP contribution in [0.2, 0.25) is 0 Å². The Labute approximate surface area is 127 Å². The van der Waals surface area contributed by atoms with E-state index in [0.717, 1.165) is 37.9 Å². The maximum absolute atomic E-state index is 12.5. The van der Waals surface area contributed by atoms with Crippen molar-refractivity contribution in [2.24, 2.45) is 5.73 Å². The van der Waals surface area contributed by atoms with Gasteiger partial charge in [-0.25, -0.2) is 13.1 Å². The van der Waals surface area contributed by atoms with Crippen LogP contribution in [0.3, 0.4) is 0 Å². The van der Waals surface area contributed by atoms with Crippen molar-refractivity contribution in [1.82, 2.24) is 9.62 Å². The van der Waals surface area contributed by atoms with Crippen molar-refractivity contribution in [3.05, 3.63) is 29.8 Å². The van der Waals surface area contributed by atoms with E-state index in [1.165, 1.54) is 0 Å². The largest absolute Gasteiger partial charge is 0.324 e. The summed E-state index contributed by atoms with van der Waals surface area (Å²) < 4.78 is 27.8. The number of hydrogen-bond donors (Lipinski definition) is 2. The van der Waals surface area contributed by atoms with Crippen LogP contribution in [0.25, 0.3) is 0 Å². The van der Waals surface area contributed by atoms with Gasteiger partial charge in [-0.15, -0.1) is 0 Å². The molecule has 6 heteroatoms. The molecule has 0 aromatic heterocycles. The van der Waals surface area contributed by atoms with Crippen molar-refractivity contribution in [3.63, 3.8) is 0 Å². The predicted octanol–water partition coefficient (Wildman–Crippen LogP) is 1.47. The van der Waals surface area contributed by atoms with Crippen LogP contribution in [0.1, 0.15) is 37.8 Å². The van der Waals surface area contributed by atoms with E-state index in [-0.39, 0.29) is 12.1 Å². The Hall–Kier alpha value is -0.950. The summed E-state index contributed by atoms with van der Waals surface area (Å²) in [6.45, 7) is 3.77. The van der Waals surface area contributed by atoms with E-state index in [9.17, 15) is 8.42 Å². The van der Waals surface area contributed by atoms with Crippen LogP contribution in [0.5, 0.6) is 0 Å². The normalized spacial score (nSPS) is 22.1. The smallest absolute Gasteiger partial charge is 0.240 e. The van der Waals surface area contributed by atoms with Crippen LogP contribution < -0.4 is 10.5 Å². The Morgan fingerprint density at radius 1 is 1.48 bits per heavy atom. The van der Waals surface area contributed by atoms with Crippen molar-refractivity contribution in [2.45, 2.75) is 43.2 Å². The third-order valence-electron chi connectivity index (χ3n) is 3.98. The molecule has 1 aromatic carbocycles. The van der Waals surface area contributed by atoms with Gasteiger partial charge in [0, 0.05) is 18.6 Å². The first-order valence-electron chi connectivity index (χ1n) is 7.49. The fourth-order valence-electron chi connectivity index (χ4n) is 2.70. The first-order valence-corrected chi connectivity index (χ1v) is 8.97. The lowest BCUT2D eigenvalue weighted by atomic mass is 10.1. The molecule has 0 bridgehead atoms. The molecule has 1 aliphatic rings. The van der Waals surface area contributed by atoms with Gasteiger partial charge in [-0.2, -0.15) is 0 Å². The van der Waals surface area contributed by atoms with Crippen molar-refractivity contribution in [2.75, 3.05) is 20.1 Å². The van der Waals surface area contributed by atoms with Crippen LogP contribution in [0.15, 0.2) is 29.2 Å². The van der Waals surface area contributed by atoms with E-state index in [0.29, 0.717) is 4.90 Å². The van der Waals surface area contributed by atoms with Gasteiger partial charge in [-0.3, -0.25) is 0 Å². The van der Waals surface area contributed by atoms with Crippen molar-refractivity contribution >= 4 is 10.0 Å². The van der Waals surface area contributed by atoms with Crippen LogP contribution >= 0.6 is 0 Å². The third-order valence-corrected chi connectivity index (χ3v) is 5.50. The lowest BCUT2D eigenvalue weighted by Gasteiger charge is -2.30. The first kappa shape index (κ1) is 16.4. The number of hydrogen-bond acceptors (Lipinski definition) is 4. The van der Waals surface area contributed by atoms with Gasteiger partial charge in [0.2, 0.25) is 10.0 Å². The molecular weight excluding hydrogens is 286 g/mol. The van der Waals surface area contributed by atoms with Crippen molar-refractivity contribution in [1.29, 1.82) is 0 Å². The minimum Gasteiger partial charge on any atom is -0.324 e. The van der Waals surface area contributed by atoms with Crippen LogP contribution in [-0.4, -0.2) is 39.5 Å². The summed E-state index contributed by atoms with van der Waals surface area (Å²) in [6.07, 6.45) is 2.69. The number of likely N-dealkylation sites (N-methyl/N-ethyl adjacent to an activating group) is 1. The highest BCUT2D eigenvalue weighted by Gasteiger charge is 2.24. The Bertz CT molecular complexity index is 574. The summed E-state index contributed by atoms with van der Waals surface area (Å²) in [7, 11) is -1.46. The van der Waals surface area contributed by atoms with Crippen molar-refractivity contribution < 1.29 is 8.42 Å². The molecule has 118 valence electrons. The highest BCUT2D eigenvalue weighted by Crippen LogP contribution is 2.19. The van der Waals surface area contributed by atoms with Gasteiger partial charge in [0.05, 0.1) is 4.90 Å². The van der Waals surface area contributed by atoms with E-state index in [4.69, 9.17) is 5.73 Å². The lowest BCUT2D eigenvalue weighted by molar-refractivity contribution is 0.242. The second-order valence-electron chi connectivity index (χ2n) is 5.81. The van der Waals surface area contributed by atoms with E-state index < -0.39 is 10.0 Å². The van der Waals surface area contributed by atoms with Gasteiger partial charge in [-0.05, 0) is 50.6 Å². The van der Waals surface area contributed by atoms with Gasteiger partial charge < -0.3 is 10.6 Å². The molecule has 0 saturated carbocycles. The molecule has 0 amide bonds. The number of sulfonamides is 1. The summed E-state index contributed by atoms with van der Waals surface area (Å²) in [5, 5.41) is 0. The minimum absolute atomic E-state index is 0.0164. The second kappa shape index (κ2) is 6.87. The number of nitrogens with one attached hydrogen (secondary N) is 1. The molecule has 1 heterocycles. The maximum Gasteiger partial charge on any atom is 0.240 e. The van der Waals surface area contributed by atoms with E-state index in [2.05, 4.69) is 9.62 Å². The minimum atomic E-state index is -3.48. The summed E-state index contributed by atoms with van der Waals surface area (Å²) in [4.78, 5) is 2.46. The molecule has 21 heavy (non-hydrogen) atoms. The summed E-state index contributed by atoms with van der Waals surface area (Å²) >= 11 is 0. The molecule has 2 unspecified atom stereocenters. The second-order valence-corrected chi connectivity index (χ2v) is 7.52. The monoisotopic (exact) mass is 311 g/mol. The van der Waals surface area contributed by atoms with E-state index >= 15 is 0 Å². The average molecular weight is 311 g/mol. The molecule has 1 aliphatic heterocycles. The number of likely N-dealkylation sites (tertiary alicyclic amines) is 1. The van der Waals surface area contributed by atoms with E-state index in [1.54, 1.807) is 18.2 Å². The molecule has 0 radical (unpaired) electrons. The number of piperidine rings is 1. The zero-order valence-electron chi connectivity index (χ0n) is 12.7. The van der Waals surface area contributed by atoms with Gasteiger partial charge in [0.25, 0.3) is 0 Å². The molecule has 2 rings (SSSR count). The number of rotatable bonds is 5. The number of benzene rings is 1. The predicted molar refractivity (Wildman–Crippen MR) is 84.5 cm³/mol. The molecule has 0 spiro atoms. The lowest BCUT2D eigenvalue weighted by Crippen LogP contribution is -2.46. The molecule has 1 fully saturated rings. The summed E-state index contributed by atoms with van der Waals surface area (Å²) in [5.41, 5.74) is 6.85. The maximum atomic E-state index is 12.5. The standard InChI is InChI=1S/C15H25N3O2S/c1-3-15(16)12-6-4-8-14(10-12)21(19,20)17-13-7-5-9-18(2)11-13/h4,6,8,10,13,15,17H,3,5,7,9,11,16H2,1-2H3. The molecule has 2 atom stereocenters. The zero-order valence-corrected chi connectivity index (χ0v) is 13.6. The molecule has 5 nitrogen and oxygen atoms in total. The van der Waals surface area contributed by atoms with E-state index in [1.807, 2.05) is 20.0 Å². The number of nitrogens with zero attached hydrogens (tertiary/aromatic N) is 1. The molecule has 0 aliphatic carbocycles. The summed E-state index contributed by atoms with van der Waals surface area (Å²) in [5.74, 6) is 0. The number of nitrogens with two attached hydrogens (primary N) is 1. The Kier molecular flexibility index (Phi) is 5.37. The van der Waals surface area contributed by atoms with Gasteiger partial charge in [-0.1, -0.05) is 19.1 Å². The zero-order chi connectivity index (χ0) is 15.5. The Morgan fingerprint density at radius 2 is 2.24 bits per heavy atom. The van der Waals surface area contributed by atoms with Gasteiger partial charge in [0.15, 0.2) is 0 Å². The molecule has 1 saturated heterocycles. The fraction of sp³-hybridized carbons (Fsp3) is 0.600. The Balaban J connectivity index is 2.15. The van der Waals surface area contributed by atoms with Gasteiger partial charge in [0.1, 0.15) is 0 Å². The third kappa shape index (κ3) is 4.26. The quantitative estimate of drug-likeness (QED) is 0.863. The van der Waals surface area contributed by atoms with Gasteiger partial charge >= 0.3 is 0 Å². The van der Waals surface area contributed by atoms with Crippen LogP contribution in [-0.2, 0) is 10.0 Å².